The molecule has 0 spiro atoms. The van der Waals surface area contributed by atoms with Crippen LogP contribution in [0.1, 0.15) is 355 Å². The number of carbonyl (C=O) groups excluding carboxylic acids is 3. The zero-order valence-electron chi connectivity index (χ0n) is 69.8. The summed E-state index contributed by atoms with van der Waals surface area (Å²) < 4.78 is 61.4. The van der Waals surface area contributed by atoms with Crippen molar-refractivity contribution in [3.8, 4) is 0 Å². The zero-order valence-corrected chi connectivity index (χ0v) is 71.6. The van der Waals surface area contributed by atoms with E-state index in [1.165, 1.54) is 122 Å². The van der Waals surface area contributed by atoms with Gasteiger partial charge in [0.15, 0.2) is 6.10 Å². The summed E-state index contributed by atoms with van der Waals surface area (Å²) in [7, 11) is -9.81. The number of hydrogen-bond donors (Lipinski definition) is 4. The number of esters is 3. The third-order valence-corrected chi connectivity index (χ3v) is 20.1. The summed E-state index contributed by atoms with van der Waals surface area (Å²) >= 11 is 0. The molecule has 0 aromatic heterocycles. The van der Waals surface area contributed by atoms with Crippen LogP contribution in [0.3, 0.4) is 0 Å². The van der Waals surface area contributed by atoms with E-state index in [0.29, 0.717) is 19.3 Å². The van der Waals surface area contributed by atoms with E-state index in [0.717, 1.165) is 173 Å². The van der Waals surface area contributed by atoms with Gasteiger partial charge < -0.3 is 34.2 Å². The van der Waals surface area contributed by atoms with Crippen molar-refractivity contribution in [1.82, 2.24) is 0 Å². The minimum absolute atomic E-state index is 0.0852. The molecule has 0 fully saturated rings. The lowest BCUT2D eigenvalue weighted by molar-refractivity contribution is -0.161. The maximum Gasteiger partial charge on any atom is 0.472 e. The molecular formula is C93H158O16P2. The summed E-state index contributed by atoms with van der Waals surface area (Å²) in [5.74, 6) is -1.59. The fourth-order valence-electron chi connectivity index (χ4n) is 11.6. The number of aliphatic hydroxyl groups excluding tert-OH is 2. The van der Waals surface area contributed by atoms with Crippen molar-refractivity contribution in [2.24, 2.45) is 0 Å². The Morgan fingerprint density at radius 3 is 0.757 bits per heavy atom. The fraction of sp³-hybridized carbons (Fsp3) is 0.688. The second-order valence-electron chi connectivity index (χ2n) is 28.9. The highest BCUT2D eigenvalue weighted by Crippen LogP contribution is 2.45. The van der Waals surface area contributed by atoms with Crippen LogP contribution in [0, 0.1) is 0 Å². The average Bonchev–Trinajstić information content (AvgIpc) is 0.895. The predicted molar refractivity (Wildman–Crippen MR) is 463 cm³/mol. The molecule has 0 heterocycles. The first-order valence-electron chi connectivity index (χ1n) is 43.8. The summed E-state index contributed by atoms with van der Waals surface area (Å²) in [4.78, 5) is 58.9. The molecule has 5 atom stereocenters. The van der Waals surface area contributed by atoms with Gasteiger partial charge in [-0.25, -0.2) is 9.13 Å². The number of allylic oxidation sites excluding steroid dienone is 26. The molecule has 636 valence electrons. The molecule has 0 bridgehead atoms. The van der Waals surface area contributed by atoms with Crippen molar-refractivity contribution >= 4 is 33.6 Å². The standard InChI is InChI=1S/C93H158O16P2/c1-4-7-10-13-16-19-22-25-28-31-34-36-38-40-41-42-43-44-45-47-49-50-53-55-58-61-64-67-70-73-76-79-91(96)103-82-88(94)83-105-110(99,100)106-84-89(95)85-107-111(101,102)108-87-90(109-93(98)81-78-75-72-69-66-63-60-57-52-33-30-27-24-21-18-15-12-9-6-3)86-104-92(97)80-77-74-71-68-65-62-59-56-54-51-48-46-39-37-35-32-29-26-23-20-17-14-11-8-5-2/h7-8,10-11,16-21,25-30,34-37,40-41,46,48,52,57,88-90,94-95H,4-6,9,12-15,22-24,31-33,38-39,42-45,47,49-51,53-56,58-87H2,1-3H3,(H,99,100)(H,101,102)/b10-7-,11-8-,19-16-,20-17-,21-18-,28-25-,29-26-,30-27-,36-34-,37-35-,41-40-,48-46-,57-52-. The van der Waals surface area contributed by atoms with Gasteiger partial charge in [0.05, 0.1) is 26.4 Å². The second kappa shape index (κ2) is 84.6. The maximum atomic E-state index is 13.0. The predicted octanol–water partition coefficient (Wildman–Crippen LogP) is 26.5. The molecule has 16 nitrogen and oxygen atoms in total. The van der Waals surface area contributed by atoms with Gasteiger partial charge in [-0.15, -0.1) is 0 Å². The van der Waals surface area contributed by atoms with E-state index in [1.807, 2.05) is 0 Å². The van der Waals surface area contributed by atoms with Crippen molar-refractivity contribution in [2.45, 2.75) is 373 Å². The Labute approximate surface area is 676 Å². The van der Waals surface area contributed by atoms with Gasteiger partial charge in [0, 0.05) is 19.3 Å². The first kappa shape index (κ1) is 106. The SMILES string of the molecule is CC/C=C\C/C=C\C/C=C\C/C=C\C/C=C\CCCCCCCCCCCCCCCCCC(=O)OCC(O)COP(=O)(O)OCC(O)COP(=O)(O)OCC(COC(=O)CCCCCCCCCCC/C=C\C/C=C\C/C=C\C/C=C\C/C=C\CC)OC(=O)CCCCCCCC/C=C\C/C=C\C/C=C\CCCCC. The van der Waals surface area contributed by atoms with Crippen LogP contribution in [0.5, 0.6) is 0 Å². The Hall–Kier alpha value is -4.83. The smallest absolute Gasteiger partial charge is 0.463 e. The molecule has 0 radical (unpaired) electrons. The summed E-state index contributed by atoms with van der Waals surface area (Å²) in [5.41, 5.74) is 0. The van der Waals surface area contributed by atoms with E-state index < -0.39 is 91.5 Å². The lowest BCUT2D eigenvalue weighted by Gasteiger charge is -2.21. The van der Waals surface area contributed by atoms with Gasteiger partial charge in [-0.05, 0) is 148 Å². The molecule has 0 aliphatic rings. The molecule has 0 aromatic carbocycles. The van der Waals surface area contributed by atoms with Crippen LogP contribution < -0.4 is 0 Å². The van der Waals surface area contributed by atoms with Crippen LogP contribution in [0.15, 0.2) is 158 Å². The quantitative estimate of drug-likeness (QED) is 0.0146. The highest BCUT2D eigenvalue weighted by atomic mass is 31.2. The third-order valence-electron chi connectivity index (χ3n) is 18.2. The lowest BCUT2D eigenvalue weighted by Crippen LogP contribution is -2.30. The highest BCUT2D eigenvalue weighted by Gasteiger charge is 2.29. The molecule has 18 heteroatoms. The van der Waals surface area contributed by atoms with E-state index in [2.05, 4.69) is 179 Å². The zero-order chi connectivity index (χ0) is 80.8. The molecule has 111 heavy (non-hydrogen) atoms. The normalized spacial score (nSPS) is 14.6. The van der Waals surface area contributed by atoms with Crippen LogP contribution in [-0.2, 0) is 55.8 Å². The van der Waals surface area contributed by atoms with Gasteiger partial charge in [-0.2, -0.15) is 0 Å². The second-order valence-corrected chi connectivity index (χ2v) is 31.8. The van der Waals surface area contributed by atoms with E-state index in [-0.39, 0.29) is 19.3 Å². The topological polar surface area (TPSA) is 231 Å². The van der Waals surface area contributed by atoms with E-state index in [9.17, 15) is 43.5 Å². The fourth-order valence-corrected chi connectivity index (χ4v) is 13.2. The number of rotatable bonds is 82. The molecule has 0 saturated heterocycles. The molecular weight excluding hydrogens is 1430 g/mol. The summed E-state index contributed by atoms with van der Waals surface area (Å²) in [6.45, 7) is 2.44. The van der Waals surface area contributed by atoms with E-state index in [1.54, 1.807) is 0 Å². The molecule has 0 saturated carbocycles. The molecule has 0 amide bonds. The Balaban J connectivity index is 4.57. The van der Waals surface area contributed by atoms with Crippen molar-refractivity contribution in [2.75, 3.05) is 39.6 Å². The van der Waals surface area contributed by atoms with Gasteiger partial charge in [-0.3, -0.25) is 32.5 Å². The van der Waals surface area contributed by atoms with Crippen LogP contribution in [0.25, 0.3) is 0 Å². The minimum Gasteiger partial charge on any atom is -0.463 e. The molecule has 0 aromatic rings. The van der Waals surface area contributed by atoms with E-state index >= 15 is 0 Å². The van der Waals surface area contributed by atoms with Crippen LogP contribution >= 0.6 is 15.6 Å². The number of aliphatic hydroxyl groups is 2. The van der Waals surface area contributed by atoms with Crippen molar-refractivity contribution in [1.29, 1.82) is 0 Å². The van der Waals surface area contributed by atoms with Crippen LogP contribution in [-0.4, -0.2) is 95.9 Å². The van der Waals surface area contributed by atoms with Crippen LogP contribution in [0.2, 0.25) is 0 Å². The molecule has 0 rings (SSSR count). The Morgan fingerprint density at radius 2 is 0.477 bits per heavy atom. The maximum absolute atomic E-state index is 13.0. The number of ether oxygens (including phenoxy) is 3. The summed E-state index contributed by atoms with van der Waals surface area (Å²) in [6, 6.07) is 0. The molecule has 0 aliphatic carbocycles. The largest absolute Gasteiger partial charge is 0.472 e. The third kappa shape index (κ3) is 85.9. The average molecular weight is 1590 g/mol. The number of unbranched alkanes of at least 4 members (excludes halogenated alkanes) is 33. The molecule has 5 unspecified atom stereocenters. The number of carbonyl (C=O) groups is 3. The van der Waals surface area contributed by atoms with Crippen molar-refractivity contribution in [3.05, 3.63) is 158 Å². The number of phosphoric ester groups is 2. The highest BCUT2D eigenvalue weighted by molar-refractivity contribution is 7.47. The van der Waals surface area contributed by atoms with Gasteiger partial charge in [0.25, 0.3) is 0 Å². The molecule has 4 N–H and O–H groups in total. The Bertz CT molecular complexity index is 2650. The lowest BCUT2D eigenvalue weighted by atomic mass is 10.0. The number of hydrogen-bond acceptors (Lipinski definition) is 14. The van der Waals surface area contributed by atoms with Gasteiger partial charge >= 0.3 is 33.6 Å². The first-order valence-corrected chi connectivity index (χ1v) is 46.8. The summed E-state index contributed by atoms with van der Waals surface area (Å²) in [5, 5.41) is 20.7. The first-order chi connectivity index (χ1) is 54.2. The van der Waals surface area contributed by atoms with Crippen LogP contribution in [0.4, 0.5) is 0 Å². The van der Waals surface area contributed by atoms with Gasteiger partial charge in [0.2, 0.25) is 0 Å². The Morgan fingerprint density at radius 1 is 0.261 bits per heavy atom. The van der Waals surface area contributed by atoms with E-state index in [4.69, 9.17) is 32.3 Å². The van der Waals surface area contributed by atoms with Gasteiger partial charge in [0.1, 0.15) is 25.4 Å². The number of phosphoric acid groups is 2. The minimum atomic E-state index is -4.95. The monoisotopic (exact) mass is 1590 g/mol. The van der Waals surface area contributed by atoms with Crippen molar-refractivity contribution in [3.63, 3.8) is 0 Å². The van der Waals surface area contributed by atoms with Gasteiger partial charge in [-0.1, -0.05) is 346 Å². The molecule has 0 aliphatic heterocycles. The van der Waals surface area contributed by atoms with Crippen molar-refractivity contribution < 1.29 is 75.8 Å². The summed E-state index contributed by atoms with van der Waals surface area (Å²) in [6.07, 6.45) is 107. The Kier molecular flexibility index (Phi) is 80.9.